The van der Waals surface area contributed by atoms with Crippen LogP contribution in [0.3, 0.4) is 0 Å². The monoisotopic (exact) mass is 299 g/mol. The number of carbonyl (C=O) groups is 2. The molecule has 0 bridgehead atoms. The van der Waals surface area contributed by atoms with Gasteiger partial charge < -0.3 is 10.0 Å². The molecule has 2 unspecified atom stereocenters. The number of nitrogens with one attached hydrogen (secondary N) is 1. The first-order valence-electron chi connectivity index (χ1n) is 7.71. The summed E-state index contributed by atoms with van der Waals surface area (Å²) < 4.78 is 0. The lowest BCUT2D eigenvalue weighted by atomic mass is 10.00. The number of hydrogen-bond acceptors (Lipinski definition) is 3. The summed E-state index contributed by atoms with van der Waals surface area (Å²) in [5.74, 6) is -0.892. The van der Waals surface area contributed by atoms with Crippen molar-refractivity contribution in [3.8, 4) is 0 Å². The molecule has 0 aromatic rings. The van der Waals surface area contributed by atoms with E-state index in [0.29, 0.717) is 12.1 Å². The highest BCUT2D eigenvalue weighted by Crippen LogP contribution is 2.21. The van der Waals surface area contributed by atoms with Crippen molar-refractivity contribution < 1.29 is 14.7 Å². The van der Waals surface area contributed by atoms with Crippen molar-refractivity contribution in [2.24, 2.45) is 0 Å². The standard InChI is InChI=1S/C15H29N3O3/c1-11-7-6-8-12(2)18(11)16-14(21)17(15(3,4)5)10-9-13(19)20/h11-12H,6-10H2,1-5H3,(H,16,21)(H,19,20). The lowest BCUT2D eigenvalue weighted by molar-refractivity contribution is -0.137. The molecule has 2 N–H and O–H groups in total. The van der Waals surface area contributed by atoms with E-state index in [4.69, 9.17) is 5.11 Å². The maximum Gasteiger partial charge on any atom is 0.332 e. The second-order valence-electron chi connectivity index (χ2n) is 6.92. The Morgan fingerprint density at radius 1 is 1.24 bits per heavy atom. The third-order valence-corrected chi connectivity index (χ3v) is 4.02. The maximum atomic E-state index is 12.5. The molecular weight excluding hydrogens is 270 g/mol. The van der Waals surface area contributed by atoms with Crippen molar-refractivity contribution in [1.82, 2.24) is 15.3 Å². The fraction of sp³-hybridized carbons (Fsp3) is 0.867. The van der Waals surface area contributed by atoms with Gasteiger partial charge in [0.2, 0.25) is 0 Å². The van der Waals surface area contributed by atoms with Crippen molar-refractivity contribution in [1.29, 1.82) is 0 Å². The molecule has 6 heteroatoms. The zero-order valence-corrected chi connectivity index (χ0v) is 13.8. The zero-order valence-electron chi connectivity index (χ0n) is 13.8. The van der Waals surface area contributed by atoms with Crippen LogP contribution in [0.1, 0.15) is 60.3 Å². The van der Waals surface area contributed by atoms with Gasteiger partial charge in [-0.25, -0.2) is 9.80 Å². The number of urea groups is 1. The molecule has 1 rings (SSSR count). The van der Waals surface area contributed by atoms with Crippen molar-refractivity contribution in [2.75, 3.05) is 6.54 Å². The smallest absolute Gasteiger partial charge is 0.332 e. The fourth-order valence-corrected chi connectivity index (χ4v) is 2.76. The summed E-state index contributed by atoms with van der Waals surface area (Å²) >= 11 is 0. The van der Waals surface area contributed by atoms with E-state index in [9.17, 15) is 9.59 Å². The number of carbonyl (C=O) groups excluding carboxylic acids is 1. The Balaban J connectivity index is 2.73. The van der Waals surface area contributed by atoms with Crippen LogP contribution >= 0.6 is 0 Å². The van der Waals surface area contributed by atoms with Gasteiger partial charge in [0.1, 0.15) is 0 Å². The normalized spacial score (nSPS) is 23.7. The van der Waals surface area contributed by atoms with E-state index in [2.05, 4.69) is 19.3 Å². The van der Waals surface area contributed by atoms with Gasteiger partial charge in [-0.05, 0) is 47.5 Å². The highest BCUT2D eigenvalue weighted by Gasteiger charge is 2.31. The van der Waals surface area contributed by atoms with Crippen LogP contribution in [-0.4, -0.2) is 51.2 Å². The average molecular weight is 299 g/mol. The number of nitrogens with zero attached hydrogens (tertiary/aromatic N) is 2. The summed E-state index contributed by atoms with van der Waals surface area (Å²) in [6.45, 7) is 10.2. The molecule has 6 nitrogen and oxygen atoms in total. The Kier molecular flexibility index (Phi) is 6.01. The number of aliphatic carboxylic acids is 1. The number of carboxylic acids is 1. The van der Waals surface area contributed by atoms with E-state index in [-0.39, 0.29) is 19.0 Å². The number of piperidine rings is 1. The van der Waals surface area contributed by atoms with Gasteiger partial charge in [-0.15, -0.1) is 0 Å². The molecule has 1 aliphatic heterocycles. The molecule has 0 saturated carbocycles. The second-order valence-corrected chi connectivity index (χ2v) is 6.92. The largest absolute Gasteiger partial charge is 0.481 e. The van der Waals surface area contributed by atoms with Gasteiger partial charge >= 0.3 is 12.0 Å². The minimum Gasteiger partial charge on any atom is -0.481 e. The van der Waals surface area contributed by atoms with Gasteiger partial charge in [-0.2, -0.15) is 0 Å². The average Bonchev–Trinajstić information content (AvgIpc) is 2.32. The molecule has 1 fully saturated rings. The zero-order chi connectivity index (χ0) is 16.2. The van der Waals surface area contributed by atoms with Crippen LogP contribution in [0.25, 0.3) is 0 Å². The van der Waals surface area contributed by atoms with E-state index >= 15 is 0 Å². The van der Waals surface area contributed by atoms with E-state index in [0.717, 1.165) is 12.8 Å². The van der Waals surface area contributed by atoms with Crippen LogP contribution in [-0.2, 0) is 4.79 Å². The van der Waals surface area contributed by atoms with Gasteiger partial charge in [-0.1, -0.05) is 6.42 Å². The first-order valence-corrected chi connectivity index (χ1v) is 7.71. The van der Waals surface area contributed by atoms with Crippen molar-refractivity contribution in [2.45, 2.75) is 77.9 Å². The molecule has 1 saturated heterocycles. The predicted octanol–water partition coefficient (Wildman–Crippen LogP) is 2.45. The summed E-state index contributed by atoms with van der Waals surface area (Å²) in [6, 6.07) is 0.391. The van der Waals surface area contributed by atoms with Crippen LogP contribution in [0.4, 0.5) is 4.79 Å². The van der Waals surface area contributed by atoms with Crippen LogP contribution in [0.2, 0.25) is 0 Å². The summed E-state index contributed by atoms with van der Waals surface area (Å²) in [7, 11) is 0. The Hall–Kier alpha value is -1.30. The molecule has 0 spiro atoms. The van der Waals surface area contributed by atoms with E-state index in [1.54, 1.807) is 4.90 Å². The van der Waals surface area contributed by atoms with Crippen molar-refractivity contribution in [3.05, 3.63) is 0 Å². The lowest BCUT2D eigenvalue weighted by Crippen LogP contribution is -2.60. The van der Waals surface area contributed by atoms with Gasteiger partial charge in [0, 0.05) is 24.2 Å². The van der Waals surface area contributed by atoms with Crippen molar-refractivity contribution >= 4 is 12.0 Å². The van der Waals surface area contributed by atoms with E-state index in [1.807, 2.05) is 25.8 Å². The molecule has 0 aromatic carbocycles. The highest BCUT2D eigenvalue weighted by atomic mass is 16.4. The Morgan fingerprint density at radius 3 is 2.19 bits per heavy atom. The minimum atomic E-state index is -0.892. The quantitative estimate of drug-likeness (QED) is 0.836. The molecule has 0 aromatic heterocycles. The van der Waals surface area contributed by atoms with Crippen LogP contribution in [0, 0.1) is 0 Å². The first-order chi connectivity index (χ1) is 9.62. The third kappa shape index (κ3) is 5.19. The second kappa shape index (κ2) is 7.11. The molecule has 2 atom stereocenters. The number of rotatable bonds is 4. The lowest BCUT2D eigenvalue weighted by Gasteiger charge is -2.42. The number of hydrazine groups is 1. The molecule has 1 aliphatic rings. The first kappa shape index (κ1) is 17.8. The summed E-state index contributed by atoms with van der Waals surface area (Å²) in [4.78, 5) is 24.9. The van der Waals surface area contributed by atoms with Gasteiger partial charge in [0.15, 0.2) is 0 Å². The topological polar surface area (TPSA) is 72.9 Å². The van der Waals surface area contributed by atoms with Gasteiger partial charge in [0.05, 0.1) is 6.42 Å². The molecule has 1 heterocycles. The summed E-state index contributed by atoms with van der Waals surface area (Å²) in [5, 5.41) is 10.9. The minimum absolute atomic E-state index is 0.0458. The number of carboxylic acid groups (broad SMARTS) is 1. The molecule has 21 heavy (non-hydrogen) atoms. The molecule has 2 amide bonds. The Bertz CT molecular complexity index is 369. The Morgan fingerprint density at radius 2 is 1.76 bits per heavy atom. The number of amides is 2. The van der Waals surface area contributed by atoms with Crippen LogP contribution in [0.5, 0.6) is 0 Å². The SMILES string of the molecule is CC1CCCC(C)N1NC(=O)N(CCC(=O)O)C(C)(C)C. The Labute approximate surface area is 127 Å². The number of hydrogen-bond donors (Lipinski definition) is 2. The van der Waals surface area contributed by atoms with Crippen LogP contribution in [0.15, 0.2) is 0 Å². The van der Waals surface area contributed by atoms with Crippen molar-refractivity contribution in [3.63, 3.8) is 0 Å². The predicted molar refractivity (Wildman–Crippen MR) is 81.9 cm³/mol. The molecule has 0 aliphatic carbocycles. The summed E-state index contributed by atoms with van der Waals surface area (Å²) in [6.07, 6.45) is 3.26. The third-order valence-electron chi connectivity index (χ3n) is 4.02. The molecular formula is C15H29N3O3. The van der Waals surface area contributed by atoms with Crippen LogP contribution < -0.4 is 5.43 Å². The van der Waals surface area contributed by atoms with Gasteiger partial charge in [0.25, 0.3) is 0 Å². The highest BCUT2D eigenvalue weighted by molar-refractivity contribution is 5.75. The fourth-order valence-electron chi connectivity index (χ4n) is 2.76. The van der Waals surface area contributed by atoms with E-state index < -0.39 is 11.5 Å². The molecule has 0 radical (unpaired) electrons. The molecule has 122 valence electrons. The summed E-state index contributed by atoms with van der Waals surface area (Å²) in [5.41, 5.74) is 2.56. The van der Waals surface area contributed by atoms with E-state index in [1.165, 1.54) is 6.42 Å². The maximum absolute atomic E-state index is 12.5. The van der Waals surface area contributed by atoms with Gasteiger partial charge in [-0.3, -0.25) is 10.2 Å².